The summed E-state index contributed by atoms with van der Waals surface area (Å²) in [5, 5.41) is 10.4. The lowest BCUT2D eigenvalue weighted by Gasteiger charge is -2.32. The lowest BCUT2D eigenvalue weighted by atomic mass is 9.99. The number of aliphatic hydroxyl groups excluding tert-OH is 1. The third-order valence-electron chi connectivity index (χ3n) is 5.93. The summed E-state index contributed by atoms with van der Waals surface area (Å²) in [6.45, 7) is 6.91. The van der Waals surface area contributed by atoms with Crippen molar-refractivity contribution in [1.82, 2.24) is 0 Å². The fraction of sp³-hybridized carbons (Fsp3) is 0.360. The van der Waals surface area contributed by atoms with Gasteiger partial charge in [0.05, 0.1) is 17.9 Å². The second kappa shape index (κ2) is 8.84. The normalized spacial score (nSPS) is 17.6. The summed E-state index contributed by atoms with van der Waals surface area (Å²) in [5.74, 6) is -0.325. The van der Waals surface area contributed by atoms with Gasteiger partial charge in [0.2, 0.25) is 0 Å². The van der Waals surface area contributed by atoms with E-state index in [0.717, 1.165) is 48.9 Å². The fourth-order valence-corrected chi connectivity index (χ4v) is 4.03. The zero-order valence-corrected chi connectivity index (χ0v) is 18.0. The van der Waals surface area contributed by atoms with Gasteiger partial charge in [0, 0.05) is 18.8 Å². The van der Waals surface area contributed by atoms with E-state index in [2.05, 4.69) is 11.8 Å². The summed E-state index contributed by atoms with van der Waals surface area (Å²) < 4.78 is 5.56. The average molecular weight is 421 g/mol. The molecule has 0 aromatic heterocycles. The molecule has 2 heterocycles. The Bertz CT molecular complexity index is 987. The molecule has 1 N–H and O–H groups in total. The quantitative estimate of drug-likeness (QED) is 0.694. The highest BCUT2D eigenvalue weighted by Crippen LogP contribution is 2.34. The summed E-state index contributed by atoms with van der Waals surface area (Å²) >= 11 is 0. The molecule has 31 heavy (non-hydrogen) atoms. The Morgan fingerprint density at radius 1 is 0.935 bits per heavy atom. The summed E-state index contributed by atoms with van der Waals surface area (Å²) in [5.41, 5.74) is 2.03. The molecule has 2 amide bonds. The maximum Gasteiger partial charge on any atom is 0.301 e. The van der Waals surface area contributed by atoms with Crippen molar-refractivity contribution in [2.75, 3.05) is 29.5 Å². The van der Waals surface area contributed by atoms with Gasteiger partial charge in [-0.05, 0) is 67.1 Å². The number of ether oxygens (including phenoxy) is 1. The smallest absolute Gasteiger partial charge is 0.301 e. The third kappa shape index (κ3) is 4.15. The number of hydrogen-bond donors (Lipinski definition) is 1. The molecule has 1 saturated heterocycles. The minimum atomic E-state index is -0.703. The van der Waals surface area contributed by atoms with Gasteiger partial charge in [-0.25, -0.2) is 4.90 Å². The first-order valence-electron chi connectivity index (χ1n) is 10.9. The van der Waals surface area contributed by atoms with Crippen molar-refractivity contribution in [2.45, 2.75) is 33.1 Å². The van der Waals surface area contributed by atoms with Gasteiger partial charge < -0.3 is 14.7 Å². The van der Waals surface area contributed by atoms with E-state index in [-0.39, 0.29) is 5.57 Å². The molecule has 1 fully saturated rings. The molecule has 0 bridgehead atoms. The second-order valence-electron chi connectivity index (χ2n) is 8.23. The van der Waals surface area contributed by atoms with Crippen LogP contribution in [0.3, 0.4) is 0 Å². The van der Waals surface area contributed by atoms with Crippen molar-refractivity contribution in [3.05, 3.63) is 59.9 Å². The van der Waals surface area contributed by atoms with E-state index < -0.39 is 17.6 Å². The minimum absolute atomic E-state index is 0.0149. The number of carbonyl (C=O) groups excluding carboxylic acids is 2. The first-order chi connectivity index (χ1) is 15.0. The molecule has 2 aliphatic heterocycles. The molecular weight excluding hydrogens is 392 g/mol. The van der Waals surface area contributed by atoms with Crippen LogP contribution in [0.15, 0.2) is 54.3 Å². The van der Waals surface area contributed by atoms with Gasteiger partial charge in [-0.1, -0.05) is 26.0 Å². The second-order valence-corrected chi connectivity index (χ2v) is 8.23. The van der Waals surface area contributed by atoms with Crippen LogP contribution in [-0.2, 0) is 9.59 Å². The van der Waals surface area contributed by atoms with Crippen LogP contribution in [0.1, 0.15) is 38.7 Å². The predicted octanol–water partition coefficient (Wildman–Crippen LogP) is 4.55. The molecule has 162 valence electrons. The number of anilines is 2. The molecule has 0 saturated carbocycles. The number of carbonyl (C=O) groups is 2. The number of nitrogens with zero attached hydrogens (tertiary/aromatic N) is 2. The number of imide groups is 1. The van der Waals surface area contributed by atoms with E-state index >= 15 is 0 Å². The van der Waals surface area contributed by atoms with Gasteiger partial charge in [0.15, 0.2) is 5.76 Å². The molecule has 0 aliphatic carbocycles. The molecule has 2 aromatic carbocycles. The molecule has 2 aromatic rings. The van der Waals surface area contributed by atoms with E-state index in [1.54, 1.807) is 36.4 Å². The molecule has 2 aliphatic rings. The van der Waals surface area contributed by atoms with Gasteiger partial charge in [-0.15, -0.1) is 0 Å². The average Bonchev–Trinajstić information content (AvgIpc) is 3.01. The standard InChI is InChI=1S/C25H28N2O4/c1-3-16-31-21-10-4-18(5-11-21)22-23(28)25(30)27(24(22)29)20-8-6-19(7-9-20)26-14-12-17(2)13-15-26/h4-11,17,28H,3,12-16H2,1-2H3. The van der Waals surface area contributed by atoms with Gasteiger partial charge in [-0.3, -0.25) is 9.59 Å². The van der Waals surface area contributed by atoms with Crippen LogP contribution in [0.4, 0.5) is 11.4 Å². The highest BCUT2D eigenvalue weighted by atomic mass is 16.5. The lowest BCUT2D eigenvalue weighted by Crippen LogP contribution is -2.33. The van der Waals surface area contributed by atoms with Crippen molar-refractivity contribution in [2.24, 2.45) is 5.92 Å². The van der Waals surface area contributed by atoms with Crippen molar-refractivity contribution >= 4 is 28.8 Å². The van der Waals surface area contributed by atoms with Gasteiger partial charge >= 0.3 is 5.91 Å². The topological polar surface area (TPSA) is 70.1 Å². The number of amides is 2. The summed E-state index contributed by atoms with van der Waals surface area (Å²) in [4.78, 5) is 29.1. The first kappa shape index (κ1) is 21.0. The Hall–Kier alpha value is -3.28. The maximum absolute atomic E-state index is 13.1. The largest absolute Gasteiger partial charge is 0.502 e. The number of aliphatic hydroxyl groups is 1. The van der Waals surface area contributed by atoms with Crippen molar-refractivity contribution in [3.63, 3.8) is 0 Å². The van der Waals surface area contributed by atoms with Crippen molar-refractivity contribution in [3.8, 4) is 5.75 Å². The number of piperidine rings is 1. The Labute approximate surface area is 182 Å². The summed E-state index contributed by atoms with van der Waals surface area (Å²) in [7, 11) is 0. The van der Waals surface area contributed by atoms with Gasteiger partial charge in [0.1, 0.15) is 5.75 Å². The number of hydrogen-bond acceptors (Lipinski definition) is 5. The van der Waals surface area contributed by atoms with Crippen LogP contribution >= 0.6 is 0 Å². The number of rotatable bonds is 6. The fourth-order valence-electron chi connectivity index (χ4n) is 4.03. The van der Waals surface area contributed by atoms with Crippen LogP contribution in [0, 0.1) is 5.92 Å². The molecule has 6 heteroatoms. The van der Waals surface area contributed by atoms with Crippen LogP contribution in [-0.4, -0.2) is 36.6 Å². The molecule has 6 nitrogen and oxygen atoms in total. The summed E-state index contributed by atoms with van der Waals surface area (Å²) in [6, 6.07) is 14.2. The van der Waals surface area contributed by atoms with Crippen LogP contribution in [0.5, 0.6) is 5.75 Å². The van der Waals surface area contributed by atoms with E-state index in [9.17, 15) is 14.7 Å². The van der Waals surface area contributed by atoms with E-state index in [4.69, 9.17) is 4.74 Å². The zero-order chi connectivity index (χ0) is 22.0. The van der Waals surface area contributed by atoms with Crippen LogP contribution in [0.2, 0.25) is 0 Å². The highest BCUT2D eigenvalue weighted by Gasteiger charge is 2.40. The van der Waals surface area contributed by atoms with Crippen LogP contribution < -0.4 is 14.5 Å². The molecule has 0 radical (unpaired) electrons. The Morgan fingerprint density at radius 2 is 1.55 bits per heavy atom. The lowest BCUT2D eigenvalue weighted by molar-refractivity contribution is -0.121. The predicted molar refractivity (Wildman–Crippen MR) is 121 cm³/mol. The van der Waals surface area contributed by atoms with E-state index in [1.165, 1.54) is 0 Å². The van der Waals surface area contributed by atoms with Crippen molar-refractivity contribution in [1.29, 1.82) is 0 Å². The van der Waals surface area contributed by atoms with Crippen LogP contribution in [0.25, 0.3) is 5.57 Å². The van der Waals surface area contributed by atoms with Gasteiger partial charge in [0.25, 0.3) is 5.91 Å². The number of benzene rings is 2. The minimum Gasteiger partial charge on any atom is -0.502 e. The Balaban J connectivity index is 1.52. The first-order valence-corrected chi connectivity index (χ1v) is 10.9. The molecular formula is C25H28N2O4. The SMILES string of the molecule is CCCOc1ccc(C2=C(O)C(=O)N(c3ccc(N4CCC(C)CC4)cc3)C2=O)cc1. The Morgan fingerprint density at radius 3 is 2.16 bits per heavy atom. The molecule has 0 unspecified atom stereocenters. The zero-order valence-electron chi connectivity index (χ0n) is 18.0. The molecule has 0 spiro atoms. The third-order valence-corrected chi connectivity index (χ3v) is 5.93. The highest BCUT2D eigenvalue weighted by molar-refractivity contribution is 6.44. The van der Waals surface area contributed by atoms with E-state index in [0.29, 0.717) is 23.6 Å². The Kier molecular flexibility index (Phi) is 5.98. The van der Waals surface area contributed by atoms with Gasteiger partial charge in [-0.2, -0.15) is 0 Å². The summed E-state index contributed by atoms with van der Waals surface area (Å²) in [6.07, 6.45) is 3.22. The van der Waals surface area contributed by atoms with Crippen molar-refractivity contribution < 1.29 is 19.4 Å². The monoisotopic (exact) mass is 420 g/mol. The molecule has 0 atom stereocenters. The van der Waals surface area contributed by atoms with E-state index in [1.807, 2.05) is 19.1 Å². The maximum atomic E-state index is 13.1. The molecule has 4 rings (SSSR count).